The van der Waals surface area contributed by atoms with Crippen LogP contribution in [0.3, 0.4) is 0 Å². The predicted molar refractivity (Wildman–Crippen MR) is 151 cm³/mol. The van der Waals surface area contributed by atoms with Crippen molar-refractivity contribution in [2.24, 2.45) is 11.3 Å². The molecule has 4 nitrogen and oxygen atoms in total. The fraction of sp³-hybridized carbons (Fsp3) is 0.613. The van der Waals surface area contributed by atoms with Crippen LogP contribution in [-0.4, -0.2) is 24.5 Å². The van der Waals surface area contributed by atoms with Crippen molar-refractivity contribution in [3.8, 4) is 5.75 Å². The van der Waals surface area contributed by atoms with Crippen molar-refractivity contribution in [1.82, 2.24) is 5.32 Å². The molecule has 1 fully saturated rings. The highest BCUT2D eigenvalue weighted by Crippen LogP contribution is 2.35. The number of hydrogen-bond donors (Lipinski definition) is 2. The van der Waals surface area contributed by atoms with E-state index in [2.05, 4.69) is 97.0 Å². The molecule has 0 saturated carbocycles. The van der Waals surface area contributed by atoms with Gasteiger partial charge in [0.05, 0.1) is 11.8 Å². The van der Waals surface area contributed by atoms with Crippen LogP contribution in [0.25, 0.3) is 0 Å². The number of allylic oxidation sites excluding steroid dienone is 1. The van der Waals surface area contributed by atoms with Crippen LogP contribution < -0.4 is 15.4 Å². The number of hydrogen-bond acceptors (Lipinski definition) is 4. The SMILES string of the molecule is C=C(CCNC(C)(C)C)Nc1cc(CCC(=C)C(C)(C)C)ccc1OC1CC(C)CC(C(=C)C)O1. The second-order valence-electron chi connectivity index (χ2n) is 12.4. The molecular weight excluding hydrogens is 432 g/mol. The zero-order valence-corrected chi connectivity index (χ0v) is 23.6. The van der Waals surface area contributed by atoms with Crippen LogP contribution in [0.4, 0.5) is 5.69 Å². The molecule has 0 radical (unpaired) electrons. The van der Waals surface area contributed by atoms with Crippen LogP contribution >= 0.6 is 0 Å². The highest BCUT2D eigenvalue weighted by Gasteiger charge is 2.29. The van der Waals surface area contributed by atoms with Gasteiger partial charge in [-0.05, 0) is 82.4 Å². The molecular formula is C31H50N2O2. The molecule has 1 aliphatic heterocycles. The minimum atomic E-state index is -0.289. The van der Waals surface area contributed by atoms with E-state index in [9.17, 15) is 0 Å². The smallest absolute Gasteiger partial charge is 0.200 e. The van der Waals surface area contributed by atoms with Gasteiger partial charge in [-0.1, -0.05) is 64.6 Å². The third-order valence-corrected chi connectivity index (χ3v) is 6.55. The molecule has 0 aromatic heterocycles. The van der Waals surface area contributed by atoms with Crippen molar-refractivity contribution >= 4 is 5.69 Å². The summed E-state index contributed by atoms with van der Waals surface area (Å²) in [6, 6.07) is 6.41. The van der Waals surface area contributed by atoms with E-state index in [4.69, 9.17) is 9.47 Å². The van der Waals surface area contributed by atoms with Crippen LogP contribution in [0, 0.1) is 11.3 Å². The van der Waals surface area contributed by atoms with Gasteiger partial charge in [0.2, 0.25) is 6.29 Å². The Morgan fingerprint density at radius 3 is 2.34 bits per heavy atom. The van der Waals surface area contributed by atoms with Gasteiger partial charge in [-0.3, -0.25) is 0 Å². The molecule has 3 atom stereocenters. The molecule has 0 spiro atoms. The molecule has 1 saturated heterocycles. The van der Waals surface area contributed by atoms with Crippen molar-refractivity contribution in [3.05, 3.63) is 60.3 Å². The van der Waals surface area contributed by atoms with E-state index in [1.165, 1.54) is 11.1 Å². The first-order valence-corrected chi connectivity index (χ1v) is 13.1. The average molecular weight is 483 g/mol. The summed E-state index contributed by atoms with van der Waals surface area (Å²) in [5.74, 6) is 1.32. The first kappa shape index (κ1) is 29.2. The third kappa shape index (κ3) is 10.2. The van der Waals surface area contributed by atoms with E-state index < -0.39 is 0 Å². The standard InChI is InChI=1S/C31H50N2O2/c1-21(2)28-18-22(3)19-29(35-28)34-27-15-14-25(13-12-23(4)30(6,7)8)20-26(27)33-24(5)16-17-32-31(9,10)11/h14-15,20,22,28-29,32-33H,1,4-5,12-13,16-19H2,2-3,6-11H3. The number of ether oxygens (including phenoxy) is 2. The fourth-order valence-corrected chi connectivity index (χ4v) is 4.06. The van der Waals surface area contributed by atoms with Crippen molar-refractivity contribution in [1.29, 1.82) is 0 Å². The maximum Gasteiger partial charge on any atom is 0.200 e. The van der Waals surface area contributed by atoms with E-state index in [0.29, 0.717) is 5.92 Å². The molecule has 2 N–H and O–H groups in total. The van der Waals surface area contributed by atoms with Gasteiger partial charge in [0, 0.05) is 24.2 Å². The van der Waals surface area contributed by atoms with Gasteiger partial charge in [0.25, 0.3) is 0 Å². The summed E-state index contributed by atoms with van der Waals surface area (Å²) in [5.41, 5.74) is 5.67. The minimum absolute atomic E-state index is 0.0429. The summed E-state index contributed by atoms with van der Waals surface area (Å²) >= 11 is 0. The Kier molecular flexibility index (Phi) is 10.2. The summed E-state index contributed by atoms with van der Waals surface area (Å²) in [4.78, 5) is 0. The van der Waals surface area contributed by atoms with Gasteiger partial charge in [-0.15, -0.1) is 0 Å². The molecule has 1 aromatic carbocycles. The molecule has 3 unspecified atom stereocenters. The van der Waals surface area contributed by atoms with Crippen LogP contribution in [0.5, 0.6) is 5.75 Å². The Morgan fingerprint density at radius 2 is 1.74 bits per heavy atom. The Morgan fingerprint density at radius 1 is 1.06 bits per heavy atom. The van der Waals surface area contributed by atoms with Gasteiger partial charge in [-0.25, -0.2) is 0 Å². The number of anilines is 1. The topological polar surface area (TPSA) is 42.5 Å². The minimum Gasteiger partial charge on any atom is -0.463 e. The molecule has 196 valence electrons. The van der Waals surface area contributed by atoms with E-state index in [0.717, 1.165) is 61.4 Å². The quantitative estimate of drug-likeness (QED) is 0.313. The second-order valence-corrected chi connectivity index (χ2v) is 12.4. The van der Waals surface area contributed by atoms with E-state index in [1.807, 2.05) is 6.92 Å². The molecule has 4 heteroatoms. The largest absolute Gasteiger partial charge is 0.463 e. The number of nitrogens with one attached hydrogen (secondary N) is 2. The Hall–Kier alpha value is -2.04. The summed E-state index contributed by atoms with van der Waals surface area (Å²) in [7, 11) is 0. The Balaban J connectivity index is 2.18. The lowest BCUT2D eigenvalue weighted by Gasteiger charge is -2.34. The zero-order chi connectivity index (χ0) is 26.4. The third-order valence-electron chi connectivity index (χ3n) is 6.55. The maximum absolute atomic E-state index is 6.43. The molecule has 2 rings (SSSR count). The van der Waals surface area contributed by atoms with E-state index >= 15 is 0 Å². The van der Waals surface area contributed by atoms with E-state index in [1.54, 1.807) is 0 Å². The van der Waals surface area contributed by atoms with E-state index in [-0.39, 0.29) is 23.3 Å². The highest BCUT2D eigenvalue weighted by molar-refractivity contribution is 5.61. The lowest BCUT2D eigenvalue weighted by Crippen LogP contribution is -2.36. The number of aryl methyl sites for hydroxylation is 1. The highest BCUT2D eigenvalue weighted by atomic mass is 16.7. The van der Waals surface area contributed by atoms with Crippen LogP contribution in [0.1, 0.15) is 86.6 Å². The first-order valence-electron chi connectivity index (χ1n) is 13.1. The number of rotatable bonds is 11. The maximum atomic E-state index is 6.43. The molecule has 1 heterocycles. The van der Waals surface area contributed by atoms with Gasteiger partial charge in [-0.2, -0.15) is 0 Å². The molecule has 0 amide bonds. The van der Waals surface area contributed by atoms with Gasteiger partial charge in [0.1, 0.15) is 5.75 Å². The molecule has 1 aliphatic rings. The van der Waals surface area contributed by atoms with Crippen molar-refractivity contribution in [3.63, 3.8) is 0 Å². The van der Waals surface area contributed by atoms with Gasteiger partial charge < -0.3 is 20.1 Å². The molecule has 0 aliphatic carbocycles. The zero-order valence-electron chi connectivity index (χ0n) is 23.6. The number of benzene rings is 1. The van der Waals surface area contributed by atoms with Crippen LogP contribution in [0.2, 0.25) is 0 Å². The monoisotopic (exact) mass is 482 g/mol. The van der Waals surface area contributed by atoms with Crippen molar-refractivity contribution in [2.45, 2.75) is 105 Å². The second kappa shape index (κ2) is 12.3. The van der Waals surface area contributed by atoms with Crippen molar-refractivity contribution < 1.29 is 9.47 Å². The fourth-order valence-electron chi connectivity index (χ4n) is 4.06. The molecule has 1 aromatic rings. The van der Waals surface area contributed by atoms with Gasteiger partial charge in [0.15, 0.2) is 0 Å². The van der Waals surface area contributed by atoms with Gasteiger partial charge >= 0.3 is 0 Å². The molecule has 0 bridgehead atoms. The van der Waals surface area contributed by atoms with Crippen molar-refractivity contribution in [2.75, 3.05) is 11.9 Å². The van der Waals surface area contributed by atoms with Crippen LogP contribution in [-0.2, 0) is 11.2 Å². The lowest BCUT2D eigenvalue weighted by molar-refractivity contribution is -0.148. The summed E-state index contributed by atoms with van der Waals surface area (Å²) in [6.07, 6.45) is 4.35. The Labute approximate surface area is 215 Å². The lowest BCUT2D eigenvalue weighted by atomic mass is 9.84. The Bertz CT molecular complexity index is 888. The summed E-state index contributed by atoms with van der Waals surface area (Å²) in [6.45, 7) is 31.0. The first-order chi connectivity index (χ1) is 16.1. The normalized spacial score (nSPS) is 20.9. The van der Waals surface area contributed by atoms with Crippen LogP contribution in [0.15, 0.2) is 54.8 Å². The average Bonchev–Trinajstić information content (AvgIpc) is 2.71. The summed E-state index contributed by atoms with van der Waals surface area (Å²) in [5, 5.41) is 7.06. The molecule has 35 heavy (non-hydrogen) atoms. The summed E-state index contributed by atoms with van der Waals surface area (Å²) < 4.78 is 12.7. The predicted octanol–water partition coefficient (Wildman–Crippen LogP) is 8.02.